The van der Waals surface area contributed by atoms with Gasteiger partial charge in [-0.3, -0.25) is 19.0 Å². The fourth-order valence-electron chi connectivity index (χ4n) is 4.60. The Morgan fingerprint density at radius 3 is 2.58 bits per heavy atom. The molecule has 0 aliphatic carbocycles. The van der Waals surface area contributed by atoms with Gasteiger partial charge in [0.05, 0.1) is 10.9 Å². The molecule has 4 rings (SSSR count). The first-order valence-corrected chi connectivity index (χ1v) is 12.1. The highest BCUT2D eigenvalue weighted by atomic mass is 16.2. The van der Waals surface area contributed by atoms with Gasteiger partial charge < -0.3 is 20.4 Å². The molecule has 2 aliphatic rings. The van der Waals surface area contributed by atoms with E-state index in [9.17, 15) is 14.4 Å². The molecule has 0 spiro atoms. The van der Waals surface area contributed by atoms with E-state index in [-0.39, 0.29) is 5.56 Å². The van der Waals surface area contributed by atoms with Crippen LogP contribution in [0.3, 0.4) is 0 Å². The molecule has 9 heteroatoms. The number of aromatic nitrogens is 2. The van der Waals surface area contributed by atoms with Crippen molar-refractivity contribution in [3.05, 3.63) is 34.4 Å². The molecule has 2 amide bonds. The van der Waals surface area contributed by atoms with Crippen molar-refractivity contribution in [1.82, 2.24) is 24.7 Å². The van der Waals surface area contributed by atoms with Gasteiger partial charge in [-0.25, -0.2) is 4.98 Å². The fraction of sp³-hybridized carbons (Fsp3) is 0.583. The van der Waals surface area contributed by atoms with Crippen LogP contribution in [0.15, 0.2) is 23.0 Å². The molecule has 0 bridgehead atoms. The topological polar surface area (TPSA) is 99.6 Å². The van der Waals surface area contributed by atoms with Gasteiger partial charge in [0.15, 0.2) is 0 Å². The molecule has 3 heterocycles. The molecule has 2 aromatic rings. The number of amides is 2. The first-order chi connectivity index (χ1) is 16.0. The van der Waals surface area contributed by atoms with E-state index in [1.807, 2.05) is 0 Å². The van der Waals surface area contributed by atoms with Crippen molar-refractivity contribution in [2.24, 2.45) is 0 Å². The maximum Gasteiger partial charge on any atom is 0.313 e. The van der Waals surface area contributed by atoms with Crippen molar-refractivity contribution < 1.29 is 9.59 Å². The van der Waals surface area contributed by atoms with E-state index >= 15 is 0 Å². The number of carbonyl (C=O) groups excluding carboxylic acids is 2. The number of likely N-dealkylation sites (N-methyl/N-ethyl adjacent to an activating group) is 1. The standard InChI is InChI=1S/C24H34N6O3/c1-2-28-13-15-29(16-14-28)11-6-10-25-22(31)23(32)26-18-8-9-20-19(17-18)24(33)30-12-5-3-4-7-21(30)27-20/h8-9,17H,2-7,10-16H2,1H3,(H,25,31)(H,26,32). The number of aryl methyl sites for hydroxylation is 1. The molecule has 1 fully saturated rings. The SMILES string of the molecule is CCN1CCN(CCCNC(=O)C(=O)Nc2ccc3nc4n(c(=O)c3c2)CCCCC4)CC1. The van der Waals surface area contributed by atoms with E-state index < -0.39 is 11.8 Å². The van der Waals surface area contributed by atoms with Gasteiger partial charge >= 0.3 is 11.8 Å². The van der Waals surface area contributed by atoms with E-state index in [4.69, 9.17) is 0 Å². The second-order valence-electron chi connectivity index (χ2n) is 8.87. The summed E-state index contributed by atoms with van der Waals surface area (Å²) in [4.78, 5) is 47.0. The number of rotatable bonds is 6. The summed E-state index contributed by atoms with van der Waals surface area (Å²) >= 11 is 0. The van der Waals surface area contributed by atoms with E-state index in [0.717, 1.165) is 77.2 Å². The molecule has 33 heavy (non-hydrogen) atoms. The molecule has 2 aliphatic heterocycles. The normalized spacial score (nSPS) is 17.4. The molecule has 1 saturated heterocycles. The van der Waals surface area contributed by atoms with Crippen LogP contribution in [-0.2, 0) is 22.6 Å². The highest BCUT2D eigenvalue weighted by molar-refractivity contribution is 6.39. The number of anilines is 1. The van der Waals surface area contributed by atoms with E-state index in [2.05, 4.69) is 32.3 Å². The monoisotopic (exact) mass is 454 g/mol. The largest absolute Gasteiger partial charge is 0.348 e. The van der Waals surface area contributed by atoms with Gasteiger partial charge in [0.1, 0.15) is 5.82 Å². The fourth-order valence-corrected chi connectivity index (χ4v) is 4.60. The lowest BCUT2D eigenvalue weighted by atomic mass is 10.2. The van der Waals surface area contributed by atoms with E-state index in [1.165, 1.54) is 0 Å². The Morgan fingerprint density at radius 2 is 1.79 bits per heavy atom. The number of nitrogens with one attached hydrogen (secondary N) is 2. The third-order valence-corrected chi connectivity index (χ3v) is 6.63. The van der Waals surface area contributed by atoms with E-state index in [1.54, 1.807) is 22.8 Å². The zero-order valence-electron chi connectivity index (χ0n) is 19.4. The molecular weight excluding hydrogens is 420 g/mol. The minimum absolute atomic E-state index is 0.0859. The number of piperazine rings is 1. The molecule has 0 radical (unpaired) electrons. The number of carbonyl (C=O) groups is 2. The Labute approximate surface area is 194 Å². The van der Waals surface area contributed by atoms with Crippen LogP contribution < -0.4 is 16.2 Å². The van der Waals surface area contributed by atoms with Crippen molar-refractivity contribution in [2.45, 2.75) is 45.6 Å². The van der Waals surface area contributed by atoms with Gasteiger partial charge in [-0.05, 0) is 50.6 Å². The minimum Gasteiger partial charge on any atom is -0.348 e. The number of fused-ring (bicyclic) bond motifs is 2. The Hall–Kier alpha value is -2.78. The molecule has 1 aromatic heterocycles. The lowest BCUT2D eigenvalue weighted by Crippen LogP contribution is -2.46. The highest BCUT2D eigenvalue weighted by Crippen LogP contribution is 2.18. The minimum atomic E-state index is -0.728. The Morgan fingerprint density at radius 1 is 1.00 bits per heavy atom. The molecule has 0 atom stereocenters. The zero-order valence-corrected chi connectivity index (χ0v) is 19.4. The summed E-state index contributed by atoms with van der Waals surface area (Å²) in [5, 5.41) is 5.76. The summed E-state index contributed by atoms with van der Waals surface area (Å²) in [5.74, 6) is -0.565. The van der Waals surface area contributed by atoms with Gasteiger partial charge in [0.25, 0.3) is 5.56 Å². The summed E-state index contributed by atoms with van der Waals surface area (Å²) in [5.41, 5.74) is 0.956. The van der Waals surface area contributed by atoms with Gasteiger partial charge in [-0.1, -0.05) is 13.3 Å². The first kappa shape index (κ1) is 23.4. The maximum atomic E-state index is 13.0. The third kappa shape index (κ3) is 5.78. The van der Waals surface area contributed by atoms with Crippen LogP contribution in [0.5, 0.6) is 0 Å². The molecule has 1 aromatic carbocycles. The highest BCUT2D eigenvalue weighted by Gasteiger charge is 2.18. The van der Waals surface area contributed by atoms with Gasteiger partial charge in [0, 0.05) is 51.4 Å². The summed E-state index contributed by atoms with van der Waals surface area (Å²) < 4.78 is 1.75. The molecule has 0 saturated carbocycles. The van der Waals surface area contributed by atoms with Crippen molar-refractivity contribution >= 4 is 28.4 Å². The molecular formula is C24H34N6O3. The number of hydrogen-bond acceptors (Lipinski definition) is 6. The maximum absolute atomic E-state index is 13.0. The van der Waals surface area contributed by atoms with E-state index in [0.29, 0.717) is 29.7 Å². The summed E-state index contributed by atoms with van der Waals surface area (Å²) in [6.45, 7) is 9.55. The van der Waals surface area contributed by atoms with Crippen molar-refractivity contribution in [1.29, 1.82) is 0 Å². The Kier molecular flexibility index (Phi) is 7.72. The average molecular weight is 455 g/mol. The summed E-state index contributed by atoms with van der Waals surface area (Å²) in [6.07, 6.45) is 4.70. The number of hydrogen-bond donors (Lipinski definition) is 2. The van der Waals surface area contributed by atoms with Crippen LogP contribution in [0.1, 0.15) is 38.4 Å². The molecule has 0 unspecified atom stereocenters. The predicted molar refractivity (Wildman–Crippen MR) is 128 cm³/mol. The van der Waals surface area contributed by atoms with Gasteiger partial charge in [0.2, 0.25) is 0 Å². The summed E-state index contributed by atoms with van der Waals surface area (Å²) in [7, 11) is 0. The average Bonchev–Trinajstić information content (AvgIpc) is 3.08. The second kappa shape index (κ2) is 10.9. The van der Waals surface area contributed by atoms with Crippen LogP contribution in [0.25, 0.3) is 10.9 Å². The summed E-state index contributed by atoms with van der Waals surface area (Å²) in [6, 6.07) is 5.03. The van der Waals surface area contributed by atoms with Crippen molar-refractivity contribution in [2.75, 3.05) is 51.1 Å². The lowest BCUT2D eigenvalue weighted by molar-refractivity contribution is -0.136. The van der Waals surface area contributed by atoms with Crippen molar-refractivity contribution in [3.63, 3.8) is 0 Å². The van der Waals surface area contributed by atoms with Crippen molar-refractivity contribution in [3.8, 4) is 0 Å². The second-order valence-corrected chi connectivity index (χ2v) is 8.87. The Bertz CT molecular complexity index is 1060. The van der Waals surface area contributed by atoms with Gasteiger partial charge in [-0.15, -0.1) is 0 Å². The zero-order chi connectivity index (χ0) is 23.2. The predicted octanol–water partition coefficient (Wildman–Crippen LogP) is 1.21. The lowest BCUT2D eigenvalue weighted by Gasteiger charge is -2.33. The molecule has 9 nitrogen and oxygen atoms in total. The Balaban J connectivity index is 1.29. The molecule has 178 valence electrons. The number of benzene rings is 1. The quantitative estimate of drug-likeness (QED) is 0.503. The number of nitrogens with zero attached hydrogens (tertiary/aromatic N) is 4. The van der Waals surface area contributed by atoms with Crippen LogP contribution in [-0.4, -0.2) is 77.0 Å². The van der Waals surface area contributed by atoms with Crippen LogP contribution in [0, 0.1) is 0 Å². The van der Waals surface area contributed by atoms with Gasteiger partial charge in [-0.2, -0.15) is 0 Å². The first-order valence-electron chi connectivity index (χ1n) is 12.1. The van der Waals surface area contributed by atoms with Crippen LogP contribution in [0.2, 0.25) is 0 Å². The molecule has 2 N–H and O–H groups in total. The third-order valence-electron chi connectivity index (χ3n) is 6.63. The smallest absolute Gasteiger partial charge is 0.313 e. The van der Waals surface area contributed by atoms with Crippen LogP contribution >= 0.6 is 0 Å². The van der Waals surface area contributed by atoms with Crippen LogP contribution in [0.4, 0.5) is 5.69 Å².